The average molecular weight is 344 g/mol. The van der Waals surface area contributed by atoms with Crippen molar-refractivity contribution < 1.29 is 4.79 Å². The number of amides is 1. The van der Waals surface area contributed by atoms with E-state index in [4.69, 9.17) is 11.6 Å². The van der Waals surface area contributed by atoms with Gasteiger partial charge in [0.25, 0.3) is 0 Å². The Hall–Kier alpha value is -1.65. The maximum absolute atomic E-state index is 12.5. The van der Waals surface area contributed by atoms with Gasteiger partial charge in [-0.3, -0.25) is 9.78 Å². The van der Waals surface area contributed by atoms with Crippen molar-refractivity contribution in [1.82, 2.24) is 15.6 Å². The number of halogens is 1. The van der Waals surface area contributed by atoms with Crippen LogP contribution in [-0.4, -0.2) is 23.0 Å². The molecular formula is C19H22ClN3O. The van der Waals surface area contributed by atoms with E-state index in [0.717, 1.165) is 23.0 Å². The summed E-state index contributed by atoms with van der Waals surface area (Å²) >= 11 is 5.99. The standard InChI is InChI=1S/C19H22ClN3O/c20-14-6-8-17-13(9-14)5-7-15(22-17)11-21-19(24)18-10-12-3-1-2-4-16(12)23-18/h5-9,12,16,18,23H,1-4,10-11H2,(H,21,24)/t12-,16-,18-/m0/s1. The maximum Gasteiger partial charge on any atom is 0.237 e. The molecule has 1 aromatic carbocycles. The van der Waals surface area contributed by atoms with Gasteiger partial charge in [0.05, 0.1) is 23.8 Å². The molecule has 2 aromatic rings. The monoisotopic (exact) mass is 343 g/mol. The number of carbonyl (C=O) groups is 1. The summed E-state index contributed by atoms with van der Waals surface area (Å²) < 4.78 is 0. The van der Waals surface area contributed by atoms with Gasteiger partial charge in [-0.1, -0.05) is 30.5 Å². The van der Waals surface area contributed by atoms with Crippen LogP contribution in [0.3, 0.4) is 0 Å². The minimum absolute atomic E-state index is 0.0441. The van der Waals surface area contributed by atoms with E-state index < -0.39 is 0 Å². The van der Waals surface area contributed by atoms with Crippen LogP contribution < -0.4 is 10.6 Å². The molecule has 1 saturated heterocycles. The van der Waals surface area contributed by atoms with Crippen molar-refractivity contribution in [3.8, 4) is 0 Å². The first-order chi connectivity index (χ1) is 11.7. The Morgan fingerprint density at radius 3 is 3.00 bits per heavy atom. The van der Waals surface area contributed by atoms with E-state index >= 15 is 0 Å². The van der Waals surface area contributed by atoms with Crippen LogP contribution in [0.4, 0.5) is 0 Å². The molecule has 1 aliphatic heterocycles. The number of fused-ring (bicyclic) bond motifs is 2. The van der Waals surface area contributed by atoms with E-state index in [1.807, 2.05) is 30.3 Å². The second kappa shape index (κ2) is 6.69. The third kappa shape index (κ3) is 3.26. The van der Waals surface area contributed by atoms with E-state index in [1.165, 1.54) is 25.7 Å². The average Bonchev–Trinajstić information content (AvgIpc) is 3.04. The van der Waals surface area contributed by atoms with Gasteiger partial charge in [0.2, 0.25) is 5.91 Å². The smallest absolute Gasteiger partial charge is 0.237 e. The molecule has 0 radical (unpaired) electrons. The molecule has 126 valence electrons. The lowest BCUT2D eigenvalue weighted by Crippen LogP contribution is -2.43. The fourth-order valence-electron chi connectivity index (χ4n) is 4.06. The van der Waals surface area contributed by atoms with Crippen LogP contribution in [0.15, 0.2) is 30.3 Å². The molecule has 2 heterocycles. The number of pyridine rings is 1. The number of hydrogen-bond acceptors (Lipinski definition) is 3. The van der Waals surface area contributed by atoms with Gasteiger partial charge in [-0.25, -0.2) is 0 Å². The van der Waals surface area contributed by atoms with Gasteiger partial charge in [0.15, 0.2) is 0 Å². The first-order valence-electron chi connectivity index (χ1n) is 8.78. The van der Waals surface area contributed by atoms with Crippen molar-refractivity contribution in [2.45, 2.75) is 50.7 Å². The van der Waals surface area contributed by atoms with E-state index in [-0.39, 0.29) is 11.9 Å². The SMILES string of the molecule is O=C(NCc1ccc2cc(Cl)ccc2n1)[C@@H]1C[C@@H]2CCCC[C@@H]2N1. The molecule has 1 aromatic heterocycles. The number of rotatable bonds is 3. The zero-order chi connectivity index (χ0) is 16.5. The van der Waals surface area contributed by atoms with E-state index in [0.29, 0.717) is 23.5 Å². The van der Waals surface area contributed by atoms with Crippen molar-refractivity contribution in [3.63, 3.8) is 0 Å². The van der Waals surface area contributed by atoms with Gasteiger partial charge in [-0.2, -0.15) is 0 Å². The molecule has 1 aliphatic carbocycles. The Balaban J connectivity index is 1.38. The van der Waals surface area contributed by atoms with Crippen LogP contribution in [0.2, 0.25) is 5.02 Å². The fraction of sp³-hybridized carbons (Fsp3) is 0.474. The number of benzene rings is 1. The van der Waals surface area contributed by atoms with Gasteiger partial charge in [-0.05, 0) is 49.4 Å². The second-order valence-electron chi connectivity index (χ2n) is 6.96. The molecule has 1 amide bonds. The second-order valence-corrected chi connectivity index (χ2v) is 7.40. The van der Waals surface area contributed by atoms with E-state index in [2.05, 4.69) is 15.6 Å². The fourth-order valence-corrected chi connectivity index (χ4v) is 4.24. The quantitative estimate of drug-likeness (QED) is 0.897. The van der Waals surface area contributed by atoms with Crippen molar-refractivity contribution in [2.75, 3.05) is 0 Å². The summed E-state index contributed by atoms with van der Waals surface area (Å²) in [5.74, 6) is 0.778. The van der Waals surface area contributed by atoms with Crippen LogP contribution in [-0.2, 0) is 11.3 Å². The minimum atomic E-state index is -0.0441. The molecule has 24 heavy (non-hydrogen) atoms. The van der Waals surface area contributed by atoms with Gasteiger partial charge in [0, 0.05) is 16.5 Å². The van der Waals surface area contributed by atoms with Gasteiger partial charge < -0.3 is 10.6 Å². The number of nitrogens with one attached hydrogen (secondary N) is 2. The Morgan fingerprint density at radius 1 is 1.25 bits per heavy atom. The summed E-state index contributed by atoms with van der Waals surface area (Å²) in [6.45, 7) is 0.463. The summed E-state index contributed by atoms with van der Waals surface area (Å²) in [7, 11) is 0. The summed E-state index contributed by atoms with van der Waals surface area (Å²) in [5.41, 5.74) is 1.77. The number of carbonyl (C=O) groups excluding carboxylic acids is 1. The predicted octanol–water partition coefficient (Wildman–Crippen LogP) is 3.43. The molecule has 0 bridgehead atoms. The highest BCUT2D eigenvalue weighted by Gasteiger charge is 2.37. The number of aromatic nitrogens is 1. The number of hydrogen-bond donors (Lipinski definition) is 2. The van der Waals surface area contributed by atoms with E-state index in [9.17, 15) is 4.79 Å². The Bertz CT molecular complexity index is 749. The highest BCUT2D eigenvalue weighted by atomic mass is 35.5. The first kappa shape index (κ1) is 15.9. The van der Waals surface area contributed by atoms with Gasteiger partial charge >= 0.3 is 0 Å². The van der Waals surface area contributed by atoms with Crippen molar-refractivity contribution in [1.29, 1.82) is 0 Å². The molecule has 5 heteroatoms. The molecule has 2 aliphatic rings. The molecule has 4 rings (SSSR count). The first-order valence-corrected chi connectivity index (χ1v) is 9.16. The van der Waals surface area contributed by atoms with Crippen molar-refractivity contribution in [3.05, 3.63) is 41.0 Å². The van der Waals surface area contributed by atoms with Crippen molar-refractivity contribution in [2.24, 2.45) is 5.92 Å². The minimum Gasteiger partial charge on any atom is -0.349 e. The number of nitrogens with zero attached hydrogens (tertiary/aromatic N) is 1. The molecule has 2 fully saturated rings. The van der Waals surface area contributed by atoms with Crippen LogP contribution >= 0.6 is 11.6 Å². The lowest BCUT2D eigenvalue weighted by Gasteiger charge is -2.24. The molecular weight excluding hydrogens is 322 g/mol. The Kier molecular flexibility index (Phi) is 4.42. The van der Waals surface area contributed by atoms with Gasteiger partial charge in [0.1, 0.15) is 0 Å². The summed E-state index contributed by atoms with van der Waals surface area (Å²) in [6, 6.07) is 10.1. The van der Waals surface area contributed by atoms with E-state index in [1.54, 1.807) is 0 Å². The third-order valence-electron chi connectivity index (χ3n) is 5.33. The van der Waals surface area contributed by atoms with Crippen LogP contribution in [0.1, 0.15) is 37.8 Å². The summed E-state index contributed by atoms with van der Waals surface area (Å²) in [5, 5.41) is 8.27. The molecule has 3 atom stereocenters. The highest BCUT2D eigenvalue weighted by Crippen LogP contribution is 2.33. The normalized spacial score (nSPS) is 26.3. The zero-order valence-electron chi connectivity index (χ0n) is 13.6. The van der Waals surface area contributed by atoms with Crippen LogP contribution in [0, 0.1) is 5.92 Å². The predicted molar refractivity (Wildman–Crippen MR) is 95.9 cm³/mol. The van der Waals surface area contributed by atoms with Crippen LogP contribution in [0.5, 0.6) is 0 Å². The largest absolute Gasteiger partial charge is 0.349 e. The lowest BCUT2D eigenvalue weighted by molar-refractivity contribution is -0.123. The zero-order valence-corrected chi connectivity index (χ0v) is 14.4. The molecule has 0 unspecified atom stereocenters. The lowest BCUT2D eigenvalue weighted by atomic mass is 9.85. The molecule has 0 spiro atoms. The molecule has 4 nitrogen and oxygen atoms in total. The van der Waals surface area contributed by atoms with Crippen LogP contribution in [0.25, 0.3) is 10.9 Å². The Labute approximate surface area is 147 Å². The van der Waals surface area contributed by atoms with Gasteiger partial charge in [-0.15, -0.1) is 0 Å². The highest BCUT2D eigenvalue weighted by molar-refractivity contribution is 6.31. The third-order valence-corrected chi connectivity index (χ3v) is 5.57. The Morgan fingerprint density at radius 2 is 2.12 bits per heavy atom. The molecule has 2 N–H and O–H groups in total. The summed E-state index contributed by atoms with van der Waals surface area (Å²) in [6.07, 6.45) is 6.04. The van der Waals surface area contributed by atoms with Crippen molar-refractivity contribution >= 4 is 28.4 Å². The molecule has 1 saturated carbocycles. The summed E-state index contributed by atoms with van der Waals surface area (Å²) in [4.78, 5) is 17.0. The topological polar surface area (TPSA) is 54.0 Å². The maximum atomic E-state index is 12.5.